The van der Waals surface area contributed by atoms with E-state index in [-0.39, 0.29) is 39.9 Å². The Balaban J connectivity index is 1.10. The zero-order valence-corrected chi connectivity index (χ0v) is 29.2. The van der Waals surface area contributed by atoms with Crippen molar-refractivity contribution in [1.82, 2.24) is 24.6 Å². The predicted octanol–water partition coefficient (Wildman–Crippen LogP) is 6.45. The Morgan fingerprint density at radius 3 is 2.50 bits per heavy atom. The third kappa shape index (κ3) is 7.16. The minimum Gasteiger partial charge on any atom is -0.496 e. The van der Waals surface area contributed by atoms with Crippen LogP contribution in [0.2, 0.25) is 10.0 Å². The number of carbonyl (C=O) groups excluding carboxylic acids is 1. The van der Waals surface area contributed by atoms with Crippen molar-refractivity contribution in [3.63, 3.8) is 0 Å². The van der Waals surface area contributed by atoms with Crippen molar-refractivity contribution in [2.24, 2.45) is 0 Å². The lowest BCUT2D eigenvalue weighted by atomic mass is 10.0. The fourth-order valence-electron chi connectivity index (χ4n) is 7.20. The molecule has 262 valence electrons. The first-order valence-electron chi connectivity index (χ1n) is 16.9. The van der Waals surface area contributed by atoms with Crippen molar-refractivity contribution in [1.29, 1.82) is 0 Å². The molecule has 0 spiro atoms. The number of nitrogens with one attached hydrogen (secondary N) is 1. The van der Waals surface area contributed by atoms with Gasteiger partial charge in [0.25, 0.3) is 5.91 Å². The van der Waals surface area contributed by atoms with Gasteiger partial charge in [0.15, 0.2) is 5.69 Å². The van der Waals surface area contributed by atoms with E-state index in [1.165, 1.54) is 13.2 Å². The highest BCUT2D eigenvalue weighted by atomic mass is 35.5. The number of ether oxygens (including phenoxy) is 1. The molecule has 2 aromatic carbocycles. The van der Waals surface area contributed by atoms with E-state index < -0.39 is 5.83 Å². The summed E-state index contributed by atoms with van der Waals surface area (Å²) in [6, 6.07) is 14.0. The van der Waals surface area contributed by atoms with Gasteiger partial charge >= 0.3 is 0 Å². The Labute approximate surface area is 300 Å². The molecule has 2 saturated heterocycles. The third-order valence-corrected chi connectivity index (χ3v) is 10.6. The number of nitrogens with zero attached hydrogens (tertiary/aromatic N) is 5. The molecule has 4 aromatic rings. The molecule has 0 saturated carbocycles. The van der Waals surface area contributed by atoms with E-state index in [4.69, 9.17) is 27.9 Å². The number of benzene rings is 2. The molecule has 10 nitrogen and oxygen atoms in total. The zero-order chi connectivity index (χ0) is 34.9. The topological polar surface area (TPSA) is 116 Å². The second-order valence-corrected chi connectivity index (χ2v) is 13.9. The molecule has 2 fully saturated rings. The lowest BCUT2D eigenvalue weighted by molar-refractivity contribution is 0.102. The van der Waals surface area contributed by atoms with Crippen LogP contribution < -0.4 is 10.1 Å². The Hall–Kier alpha value is -3.84. The maximum Gasteiger partial charge on any atom is 0.276 e. The minimum atomic E-state index is -0.594. The van der Waals surface area contributed by atoms with E-state index in [1.807, 2.05) is 10.7 Å². The van der Waals surface area contributed by atoms with Crippen molar-refractivity contribution in [3.8, 4) is 16.9 Å². The summed E-state index contributed by atoms with van der Waals surface area (Å²) in [6.07, 6.45) is 5.61. The molecule has 0 unspecified atom stereocenters. The number of aliphatic hydroxyl groups excluding tert-OH is 2. The van der Waals surface area contributed by atoms with Crippen LogP contribution in [0.15, 0.2) is 54.7 Å². The van der Waals surface area contributed by atoms with Crippen molar-refractivity contribution >= 4 is 46.7 Å². The van der Waals surface area contributed by atoms with Crippen LogP contribution in [-0.4, -0.2) is 86.2 Å². The molecule has 7 rings (SSSR count). The lowest BCUT2D eigenvalue weighted by Gasteiger charge is -2.31. The average Bonchev–Trinajstić information content (AvgIpc) is 3.86. The van der Waals surface area contributed by atoms with Crippen LogP contribution in [0.5, 0.6) is 5.75 Å². The summed E-state index contributed by atoms with van der Waals surface area (Å²) in [7, 11) is 1.53. The van der Waals surface area contributed by atoms with Gasteiger partial charge in [0.2, 0.25) is 0 Å². The Kier molecular flexibility index (Phi) is 10.2. The van der Waals surface area contributed by atoms with Gasteiger partial charge in [-0.2, -0.15) is 5.10 Å². The quantitative estimate of drug-likeness (QED) is 0.181. The number of aryl methyl sites for hydroxylation is 1. The number of fused-ring (bicyclic) bond motifs is 1. The smallest absolute Gasteiger partial charge is 0.276 e. The number of aromatic nitrogens is 3. The second kappa shape index (κ2) is 14.8. The van der Waals surface area contributed by atoms with Crippen molar-refractivity contribution in [2.45, 2.75) is 57.0 Å². The number of halogens is 3. The molecule has 13 heteroatoms. The van der Waals surface area contributed by atoms with E-state index in [0.717, 1.165) is 56.6 Å². The minimum absolute atomic E-state index is 0.0987. The first-order valence-corrected chi connectivity index (χ1v) is 17.6. The van der Waals surface area contributed by atoms with Crippen molar-refractivity contribution in [2.75, 3.05) is 38.6 Å². The summed E-state index contributed by atoms with van der Waals surface area (Å²) in [4.78, 5) is 22.2. The number of likely N-dealkylation sites (tertiary alicyclic amines) is 2. The van der Waals surface area contributed by atoms with E-state index in [1.54, 1.807) is 48.7 Å². The summed E-state index contributed by atoms with van der Waals surface area (Å²) < 4.78 is 23.1. The normalized spacial score (nSPS) is 21.4. The lowest BCUT2D eigenvalue weighted by Crippen LogP contribution is -2.32. The number of carbonyl (C=O) groups is 1. The largest absolute Gasteiger partial charge is 0.496 e. The number of hydrogen-bond donors (Lipinski definition) is 3. The number of methoxy groups -OCH3 is 1. The van der Waals surface area contributed by atoms with Crippen LogP contribution in [-0.2, 0) is 13.1 Å². The monoisotopic (exact) mass is 720 g/mol. The first kappa shape index (κ1) is 34.6. The molecule has 5 heterocycles. The van der Waals surface area contributed by atoms with Gasteiger partial charge in [0.05, 0.1) is 46.8 Å². The molecule has 3 atom stereocenters. The summed E-state index contributed by atoms with van der Waals surface area (Å²) in [5.41, 5.74) is 4.12. The average molecular weight is 722 g/mol. The van der Waals surface area contributed by atoms with Gasteiger partial charge in [-0.1, -0.05) is 53.5 Å². The van der Waals surface area contributed by atoms with Crippen LogP contribution in [0.3, 0.4) is 0 Å². The van der Waals surface area contributed by atoms with E-state index >= 15 is 4.39 Å². The van der Waals surface area contributed by atoms with Crippen LogP contribution in [0.25, 0.3) is 23.0 Å². The number of hydrogen-bond acceptors (Lipinski definition) is 8. The van der Waals surface area contributed by atoms with Gasteiger partial charge in [0.1, 0.15) is 17.3 Å². The van der Waals surface area contributed by atoms with Crippen molar-refractivity contribution in [3.05, 3.63) is 93.0 Å². The molecular weight excluding hydrogens is 682 g/mol. The van der Waals surface area contributed by atoms with E-state index in [9.17, 15) is 15.0 Å². The summed E-state index contributed by atoms with van der Waals surface area (Å²) in [5.74, 6) is -0.473. The molecule has 3 aliphatic heterocycles. The van der Waals surface area contributed by atoms with Gasteiger partial charge in [-0.3, -0.25) is 24.3 Å². The number of pyridine rings is 1. The van der Waals surface area contributed by atoms with Gasteiger partial charge < -0.3 is 20.3 Å². The zero-order valence-electron chi connectivity index (χ0n) is 27.7. The van der Waals surface area contributed by atoms with Gasteiger partial charge in [0, 0.05) is 68.2 Å². The van der Waals surface area contributed by atoms with Crippen LogP contribution in [0.1, 0.15) is 64.7 Å². The molecule has 50 heavy (non-hydrogen) atoms. The van der Waals surface area contributed by atoms with Crippen molar-refractivity contribution < 1.29 is 24.1 Å². The summed E-state index contributed by atoms with van der Waals surface area (Å²) in [6.45, 7) is 4.06. The summed E-state index contributed by atoms with van der Waals surface area (Å²) in [5, 5.41) is 28.0. The number of anilines is 1. The highest BCUT2D eigenvalue weighted by Crippen LogP contribution is 2.40. The number of aliphatic hydroxyl groups is 2. The van der Waals surface area contributed by atoms with Gasteiger partial charge in [-0.05, 0) is 49.5 Å². The third-order valence-electron chi connectivity index (χ3n) is 9.77. The molecule has 0 radical (unpaired) electrons. The standard InChI is InChI=1S/C37H39Cl2FN6O4/c1-50-34-17-30(41-18-23(34)19-44-13-10-24(47)20-44)28(40)15-22-5-2-6-26(35(22)38)27-7-3-8-29(36(27)39)42-37(49)31-16-33-32(9-4-12-46(33)43-31)45-14-11-25(48)21-45/h2-3,5-8,15-18,24-25,32,47-48H,4,9-14,19-21H2,1H3,(H,42,49)/b28-15-/t24-,25-,32-/m1/s1. The molecule has 0 bridgehead atoms. The Bertz CT molecular complexity index is 1940. The number of rotatable bonds is 9. The Morgan fingerprint density at radius 2 is 1.76 bits per heavy atom. The molecular formula is C37H39Cl2FN6O4. The maximum absolute atomic E-state index is 15.6. The van der Waals surface area contributed by atoms with E-state index in [0.29, 0.717) is 53.5 Å². The number of amides is 1. The predicted molar refractivity (Wildman–Crippen MR) is 192 cm³/mol. The Morgan fingerprint density at radius 1 is 1.00 bits per heavy atom. The highest BCUT2D eigenvalue weighted by Gasteiger charge is 2.33. The van der Waals surface area contributed by atoms with Crippen LogP contribution in [0.4, 0.5) is 10.1 Å². The molecule has 3 N–H and O–H groups in total. The fraction of sp³-hybridized carbons (Fsp3) is 0.378. The highest BCUT2D eigenvalue weighted by molar-refractivity contribution is 6.39. The first-order chi connectivity index (χ1) is 24.2. The maximum atomic E-state index is 15.6. The SMILES string of the molecule is COc1cc(/C(F)=C/c2cccc(-c3cccc(NC(=O)c4cc5n(n4)CCC[C@H]5N4CC[C@@H](O)C4)c3Cl)c2Cl)ncc1CN1CC[C@@H](O)C1. The fourth-order valence-corrected chi connectivity index (χ4v) is 7.75. The van der Waals surface area contributed by atoms with Gasteiger partial charge in [-0.15, -0.1) is 0 Å². The summed E-state index contributed by atoms with van der Waals surface area (Å²) >= 11 is 13.7. The van der Waals surface area contributed by atoms with Crippen LogP contribution in [0, 0.1) is 0 Å². The second-order valence-electron chi connectivity index (χ2n) is 13.2. The number of β-amino-alcohol motifs (C(OH)–C–C–N with tert-alkyl or cyclic N) is 2. The molecule has 3 aliphatic rings. The van der Waals surface area contributed by atoms with Crippen LogP contribution >= 0.6 is 23.2 Å². The molecule has 2 aromatic heterocycles. The van der Waals surface area contributed by atoms with Gasteiger partial charge in [-0.25, -0.2) is 4.39 Å². The molecule has 1 amide bonds. The molecule has 0 aliphatic carbocycles. The van der Waals surface area contributed by atoms with E-state index in [2.05, 4.69) is 25.2 Å².